The Morgan fingerprint density at radius 2 is 1.74 bits per heavy atom. The zero-order chi connectivity index (χ0) is 13.2. The summed E-state index contributed by atoms with van der Waals surface area (Å²) in [6.45, 7) is 0. The van der Waals surface area contributed by atoms with E-state index in [4.69, 9.17) is 0 Å². The van der Waals surface area contributed by atoms with Crippen LogP contribution in [0.15, 0.2) is 24.3 Å². The van der Waals surface area contributed by atoms with E-state index in [1.165, 1.54) is 44.9 Å². The van der Waals surface area contributed by atoms with Crippen LogP contribution >= 0.6 is 0 Å². The Hall–Kier alpha value is -0.820. The quantitative estimate of drug-likeness (QED) is 0.783. The molecule has 104 valence electrons. The molecule has 1 aromatic carbocycles. The van der Waals surface area contributed by atoms with E-state index in [0.717, 1.165) is 17.9 Å². The molecule has 0 radical (unpaired) electrons. The number of benzene rings is 1. The number of nitrogens with zero attached hydrogens (tertiary/aromatic N) is 1. The van der Waals surface area contributed by atoms with Gasteiger partial charge in [-0.2, -0.15) is 0 Å². The Bertz CT molecular complexity index is 415. The van der Waals surface area contributed by atoms with Crippen molar-refractivity contribution >= 4 is 0 Å². The zero-order valence-corrected chi connectivity index (χ0v) is 12.4. The minimum Gasteiger partial charge on any atom is -0.306 e. The Morgan fingerprint density at radius 1 is 1.00 bits per heavy atom. The number of hydrogen-bond donors (Lipinski definition) is 0. The summed E-state index contributed by atoms with van der Waals surface area (Å²) in [6, 6.07) is 9.97. The highest BCUT2D eigenvalue weighted by Gasteiger charge is 2.28. The van der Waals surface area contributed by atoms with Crippen molar-refractivity contribution in [3.8, 4) is 0 Å². The maximum absolute atomic E-state index is 2.42. The zero-order valence-electron chi connectivity index (χ0n) is 12.4. The molecule has 2 aliphatic rings. The van der Waals surface area contributed by atoms with Gasteiger partial charge in [-0.1, -0.05) is 24.3 Å². The Labute approximate surface area is 118 Å². The summed E-state index contributed by atoms with van der Waals surface area (Å²) in [7, 11) is 4.47. The standard InChI is InChI=1S/C18H27N/c1-19(2)17-11-7-14(8-12-17)13-16-10-9-15-5-3-4-6-18(15)16/h3-6,14,16-17H,7-13H2,1-2H3/t14?,16-,17?/m0/s1. The second-order valence-corrected chi connectivity index (χ2v) is 6.81. The molecule has 0 aliphatic heterocycles. The summed E-state index contributed by atoms with van der Waals surface area (Å²) >= 11 is 0. The van der Waals surface area contributed by atoms with Crippen LogP contribution in [0.5, 0.6) is 0 Å². The first-order valence-corrected chi connectivity index (χ1v) is 7.98. The van der Waals surface area contributed by atoms with Crippen molar-refractivity contribution in [3.63, 3.8) is 0 Å². The molecule has 3 rings (SSSR count). The lowest BCUT2D eigenvalue weighted by Crippen LogP contribution is -2.32. The first-order valence-electron chi connectivity index (χ1n) is 7.98. The molecular weight excluding hydrogens is 230 g/mol. The van der Waals surface area contributed by atoms with Gasteiger partial charge in [0.1, 0.15) is 0 Å². The molecule has 0 aromatic heterocycles. The van der Waals surface area contributed by atoms with Crippen LogP contribution in [0.2, 0.25) is 0 Å². The van der Waals surface area contributed by atoms with Crippen LogP contribution in [0.4, 0.5) is 0 Å². The number of hydrogen-bond acceptors (Lipinski definition) is 1. The SMILES string of the molecule is CN(C)C1CCC(C[C@@H]2CCc3ccccc32)CC1. The summed E-state index contributed by atoms with van der Waals surface area (Å²) < 4.78 is 0. The van der Waals surface area contributed by atoms with Gasteiger partial charge in [0.2, 0.25) is 0 Å². The molecule has 1 atom stereocenters. The first kappa shape index (κ1) is 13.2. The Kier molecular flexibility index (Phi) is 3.93. The minimum absolute atomic E-state index is 0.840. The molecule has 2 aliphatic carbocycles. The van der Waals surface area contributed by atoms with E-state index >= 15 is 0 Å². The smallest absolute Gasteiger partial charge is 0.00893 e. The molecular formula is C18H27N. The van der Waals surface area contributed by atoms with Gasteiger partial charge in [-0.15, -0.1) is 0 Å². The van der Waals surface area contributed by atoms with Crippen LogP contribution in [-0.4, -0.2) is 25.0 Å². The topological polar surface area (TPSA) is 3.24 Å². The van der Waals surface area contributed by atoms with Gasteiger partial charge in [0.15, 0.2) is 0 Å². The molecule has 1 aromatic rings. The summed E-state index contributed by atoms with van der Waals surface area (Å²) in [5.74, 6) is 1.84. The normalized spacial score (nSPS) is 30.6. The highest BCUT2D eigenvalue weighted by molar-refractivity contribution is 5.34. The molecule has 0 heterocycles. The summed E-state index contributed by atoms with van der Waals surface area (Å²) in [6.07, 6.45) is 9.86. The number of fused-ring (bicyclic) bond motifs is 1. The fraction of sp³-hybridized carbons (Fsp3) is 0.667. The van der Waals surface area contributed by atoms with Crippen LogP contribution < -0.4 is 0 Å². The monoisotopic (exact) mass is 257 g/mol. The molecule has 1 nitrogen and oxygen atoms in total. The molecule has 1 heteroatoms. The number of rotatable bonds is 3. The van der Waals surface area contributed by atoms with Gasteiger partial charge in [-0.25, -0.2) is 0 Å². The van der Waals surface area contributed by atoms with Crippen LogP contribution in [0, 0.1) is 5.92 Å². The molecule has 1 fully saturated rings. The van der Waals surface area contributed by atoms with E-state index in [2.05, 4.69) is 43.3 Å². The average molecular weight is 257 g/mol. The van der Waals surface area contributed by atoms with E-state index in [1.54, 1.807) is 11.1 Å². The molecule has 0 unspecified atom stereocenters. The molecule has 0 spiro atoms. The van der Waals surface area contributed by atoms with Gasteiger partial charge in [0, 0.05) is 6.04 Å². The second kappa shape index (κ2) is 5.66. The van der Waals surface area contributed by atoms with Crippen molar-refractivity contribution in [2.75, 3.05) is 14.1 Å². The van der Waals surface area contributed by atoms with Gasteiger partial charge in [-0.05, 0) is 82.0 Å². The van der Waals surface area contributed by atoms with Crippen LogP contribution in [0.25, 0.3) is 0 Å². The van der Waals surface area contributed by atoms with Gasteiger partial charge in [0.05, 0.1) is 0 Å². The lowest BCUT2D eigenvalue weighted by atomic mass is 9.79. The highest BCUT2D eigenvalue weighted by atomic mass is 15.1. The summed E-state index contributed by atoms with van der Waals surface area (Å²) in [5, 5.41) is 0. The Balaban J connectivity index is 1.57. The van der Waals surface area contributed by atoms with Crippen molar-refractivity contribution in [1.29, 1.82) is 0 Å². The number of aryl methyl sites for hydroxylation is 1. The predicted octanol–water partition coefficient (Wildman–Crippen LogP) is 4.23. The molecule has 0 amide bonds. The second-order valence-electron chi connectivity index (χ2n) is 6.81. The van der Waals surface area contributed by atoms with Gasteiger partial charge >= 0.3 is 0 Å². The van der Waals surface area contributed by atoms with Crippen LogP contribution in [0.3, 0.4) is 0 Å². The molecule has 0 bridgehead atoms. The molecule has 19 heavy (non-hydrogen) atoms. The lowest BCUT2D eigenvalue weighted by Gasteiger charge is -2.33. The van der Waals surface area contributed by atoms with Crippen molar-refractivity contribution in [2.45, 2.75) is 56.9 Å². The van der Waals surface area contributed by atoms with Gasteiger partial charge in [0.25, 0.3) is 0 Å². The lowest BCUT2D eigenvalue weighted by molar-refractivity contribution is 0.184. The highest BCUT2D eigenvalue weighted by Crippen LogP contribution is 2.40. The van der Waals surface area contributed by atoms with Crippen LogP contribution in [0.1, 0.15) is 55.6 Å². The molecule has 1 saturated carbocycles. The van der Waals surface area contributed by atoms with E-state index < -0.39 is 0 Å². The van der Waals surface area contributed by atoms with Crippen molar-refractivity contribution in [2.24, 2.45) is 5.92 Å². The van der Waals surface area contributed by atoms with Crippen LogP contribution in [-0.2, 0) is 6.42 Å². The Morgan fingerprint density at radius 3 is 2.47 bits per heavy atom. The van der Waals surface area contributed by atoms with E-state index in [1.807, 2.05) is 0 Å². The van der Waals surface area contributed by atoms with Crippen molar-refractivity contribution < 1.29 is 0 Å². The van der Waals surface area contributed by atoms with E-state index in [0.29, 0.717) is 0 Å². The third-order valence-electron chi connectivity index (χ3n) is 5.42. The first-order chi connectivity index (χ1) is 9.24. The average Bonchev–Trinajstić information content (AvgIpc) is 2.83. The van der Waals surface area contributed by atoms with Gasteiger partial charge < -0.3 is 4.90 Å². The van der Waals surface area contributed by atoms with E-state index in [9.17, 15) is 0 Å². The van der Waals surface area contributed by atoms with Crippen molar-refractivity contribution in [3.05, 3.63) is 35.4 Å². The minimum atomic E-state index is 0.840. The molecule has 0 N–H and O–H groups in total. The van der Waals surface area contributed by atoms with Crippen molar-refractivity contribution in [1.82, 2.24) is 4.90 Å². The maximum Gasteiger partial charge on any atom is 0.00893 e. The predicted molar refractivity (Wildman–Crippen MR) is 81.6 cm³/mol. The maximum atomic E-state index is 2.42. The van der Waals surface area contributed by atoms with Gasteiger partial charge in [-0.3, -0.25) is 0 Å². The van der Waals surface area contributed by atoms with E-state index in [-0.39, 0.29) is 0 Å². The summed E-state index contributed by atoms with van der Waals surface area (Å²) in [4.78, 5) is 2.42. The fourth-order valence-electron chi connectivity index (χ4n) is 4.19. The third-order valence-corrected chi connectivity index (χ3v) is 5.42. The fourth-order valence-corrected chi connectivity index (χ4v) is 4.19. The molecule has 0 saturated heterocycles. The third kappa shape index (κ3) is 2.86. The largest absolute Gasteiger partial charge is 0.306 e. The summed E-state index contributed by atoms with van der Waals surface area (Å²) in [5.41, 5.74) is 3.28.